The number of hydrogen-bond donors (Lipinski definition) is 1. The van der Waals surface area contributed by atoms with Gasteiger partial charge in [-0.2, -0.15) is 0 Å². The van der Waals surface area contributed by atoms with Crippen LogP contribution in [0.15, 0.2) is 39.7 Å². The molecule has 1 aromatic heterocycles. The van der Waals surface area contributed by atoms with E-state index in [1.54, 1.807) is 23.9 Å². The van der Waals surface area contributed by atoms with Gasteiger partial charge in [-0.05, 0) is 46.1 Å². The molecule has 0 bridgehead atoms. The number of nitrogens with two attached hydrogens (primary N) is 1. The minimum Gasteiger partial charge on any atom is -0.496 e. The van der Waals surface area contributed by atoms with Gasteiger partial charge in [0.1, 0.15) is 5.75 Å². The van der Waals surface area contributed by atoms with Gasteiger partial charge >= 0.3 is 0 Å². The maximum Gasteiger partial charge on any atom is 0.251 e. The van der Waals surface area contributed by atoms with Crippen LogP contribution in [0, 0.1) is 6.92 Å². The summed E-state index contributed by atoms with van der Waals surface area (Å²) < 4.78 is 7.63. The van der Waals surface area contributed by atoms with Crippen LogP contribution in [0.4, 0.5) is 5.69 Å². The predicted molar refractivity (Wildman–Crippen MR) is 79.6 cm³/mol. The second kappa shape index (κ2) is 5.48. The van der Waals surface area contributed by atoms with Crippen molar-refractivity contribution in [1.82, 2.24) is 4.57 Å². The van der Waals surface area contributed by atoms with Crippen molar-refractivity contribution >= 4 is 21.6 Å². The van der Waals surface area contributed by atoms with Crippen LogP contribution in [0.3, 0.4) is 0 Å². The topological polar surface area (TPSA) is 57.2 Å². The maximum absolute atomic E-state index is 11.9. The van der Waals surface area contributed by atoms with Crippen LogP contribution in [-0.2, 0) is 6.54 Å². The number of nitrogens with zero attached hydrogens (tertiary/aromatic N) is 1. The van der Waals surface area contributed by atoms with Crippen LogP contribution in [-0.4, -0.2) is 11.7 Å². The molecule has 0 unspecified atom stereocenters. The Kier molecular flexibility index (Phi) is 3.95. The van der Waals surface area contributed by atoms with Crippen molar-refractivity contribution < 1.29 is 4.74 Å². The van der Waals surface area contributed by atoms with Crippen molar-refractivity contribution in [3.05, 3.63) is 56.4 Å². The molecule has 0 amide bonds. The minimum atomic E-state index is -0.0568. The zero-order valence-electron chi connectivity index (χ0n) is 10.8. The van der Waals surface area contributed by atoms with Crippen LogP contribution in [0.25, 0.3) is 0 Å². The summed E-state index contributed by atoms with van der Waals surface area (Å²) >= 11 is 3.43. The number of rotatable bonds is 3. The van der Waals surface area contributed by atoms with Crippen molar-refractivity contribution in [2.24, 2.45) is 0 Å². The molecule has 0 aliphatic rings. The van der Waals surface area contributed by atoms with Gasteiger partial charge in [-0.25, -0.2) is 0 Å². The third-order valence-corrected chi connectivity index (χ3v) is 3.56. The number of anilines is 1. The minimum absolute atomic E-state index is 0.0568. The number of aromatic nitrogens is 1. The summed E-state index contributed by atoms with van der Waals surface area (Å²) in [5.74, 6) is 0.763. The average Bonchev–Trinajstić information content (AvgIpc) is 2.36. The molecular weight excluding hydrogens is 308 g/mol. The van der Waals surface area contributed by atoms with Gasteiger partial charge in [0.25, 0.3) is 5.56 Å². The summed E-state index contributed by atoms with van der Waals surface area (Å²) in [4.78, 5) is 11.9. The van der Waals surface area contributed by atoms with Gasteiger partial charge in [-0.3, -0.25) is 4.79 Å². The molecule has 2 aromatic rings. The van der Waals surface area contributed by atoms with Gasteiger partial charge in [-0.15, -0.1) is 0 Å². The first kappa shape index (κ1) is 13.7. The highest BCUT2D eigenvalue weighted by atomic mass is 79.9. The van der Waals surface area contributed by atoms with E-state index in [-0.39, 0.29) is 5.56 Å². The van der Waals surface area contributed by atoms with E-state index in [0.29, 0.717) is 12.2 Å². The Morgan fingerprint density at radius 2 is 2.11 bits per heavy atom. The van der Waals surface area contributed by atoms with E-state index < -0.39 is 0 Å². The maximum atomic E-state index is 11.9. The Bertz CT molecular complexity index is 665. The molecule has 1 heterocycles. The second-order valence-electron chi connectivity index (χ2n) is 4.35. The summed E-state index contributed by atoms with van der Waals surface area (Å²) in [5, 5.41) is 0. The lowest BCUT2D eigenvalue weighted by Gasteiger charge is -2.10. The third-order valence-electron chi connectivity index (χ3n) is 2.94. The number of benzene rings is 1. The summed E-state index contributed by atoms with van der Waals surface area (Å²) in [6.07, 6.45) is 1.68. The van der Waals surface area contributed by atoms with Crippen molar-refractivity contribution in [3.63, 3.8) is 0 Å². The highest BCUT2D eigenvalue weighted by Gasteiger charge is 2.05. The fraction of sp³-hybridized carbons (Fsp3) is 0.214. The molecule has 0 saturated heterocycles. The first-order chi connectivity index (χ1) is 9.01. The monoisotopic (exact) mass is 322 g/mol. The smallest absolute Gasteiger partial charge is 0.251 e. The fourth-order valence-corrected chi connectivity index (χ4v) is 2.40. The summed E-state index contributed by atoms with van der Waals surface area (Å²) in [6, 6.07) is 7.27. The van der Waals surface area contributed by atoms with Gasteiger partial charge in [-0.1, -0.05) is 6.07 Å². The highest BCUT2D eigenvalue weighted by Crippen LogP contribution is 2.25. The Morgan fingerprint density at radius 3 is 2.74 bits per heavy atom. The molecule has 4 nitrogen and oxygen atoms in total. The molecule has 1 aromatic carbocycles. The van der Waals surface area contributed by atoms with Crippen molar-refractivity contribution in [3.8, 4) is 5.75 Å². The first-order valence-corrected chi connectivity index (χ1v) is 6.59. The fourth-order valence-electron chi connectivity index (χ4n) is 1.81. The Hall–Kier alpha value is -1.75. The Balaban J connectivity index is 2.34. The summed E-state index contributed by atoms with van der Waals surface area (Å²) in [6.45, 7) is 2.30. The van der Waals surface area contributed by atoms with Crippen molar-refractivity contribution in [2.45, 2.75) is 13.5 Å². The van der Waals surface area contributed by atoms with Crippen LogP contribution in [0.2, 0.25) is 0 Å². The SMILES string of the molecule is COc1ccc(Cn2cc(N)c(C)cc2=O)cc1Br. The molecule has 0 spiro atoms. The largest absolute Gasteiger partial charge is 0.496 e. The van der Waals surface area contributed by atoms with Crippen molar-refractivity contribution in [2.75, 3.05) is 12.8 Å². The summed E-state index contributed by atoms with van der Waals surface area (Å²) in [7, 11) is 1.62. The number of hydrogen-bond acceptors (Lipinski definition) is 3. The first-order valence-electron chi connectivity index (χ1n) is 5.80. The molecule has 100 valence electrons. The lowest BCUT2D eigenvalue weighted by atomic mass is 10.2. The van der Waals surface area contributed by atoms with Gasteiger partial charge in [0.2, 0.25) is 0 Å². The number of methoxy groups -OCH3 is 1. The second-order valence-corrected chi connectivity index (χ2v) is 5.20. The van der Waals surface area contributed by atoms with E-state index >= 15 is 0 Å². The van der Waals surface area contributed by atoms with Crippen LogP contribution in [0.1, 0.15) is 11.1 Å². The van der Waals surface area contributed by atoms with Crippen LogP contribution < -0.4 is 16.0 Å². The quantitative estimate of drug-likeness (QED) is 0.944. The van der Waals surface area contributed by atoms with Gasteiger partial charge in [0.15, 0.2) is 0 Å². The van der Waals surface area contributed by atoms with E-state index in [4.69, 9.17) is 10.5 Å². The van der Waals surface area contributed by atoms with Crippen LogP contribution >= 0.6 is 15.9 Å². The lowest BCUT2D eigenvalue weighted by molar-refractivity contribution is 0.412. The molecule has 0 atom stereocenters. The standard InChI is InChI=1S/C14H15BrN2O2/c1-9-5-14(18)17(8-12(9)16)7-10-3-4-13(19-2)11(15)6-10/h3-6,8H,7,16H2,1-2H3. The van der Waals surface area contributed by atoms with E-state index in [1.807, 2.05) is 25.1 Å². The number of nitrogen functional groups attached to an aromatic ring is 1. The average molecular weight is 323 g/mol. The molecule has 0 aliphatic heterocycles. The molecule has 2 N–H and O–H groups in total. The molecule has 19 heavy (non-hydrogen) atoms. The number of pyridine rings is 1. The van der Waals surface area contributed by atoms with E-state index in [1.165, 1.54) is 0 Å². The molecule has 5 heteroatoms. The number of ether oxygens (including phenoxy) is 1. The van der Waals surface area contributed by atoms with Gasteiger partial charge in [0.05, 0.1) is 23.8 Å². The van der Waals surface area contributed by atoms with Gasteiger partial charge < -0.3 is 15.0 Å². The summed E-state index contributed by atoms with van der Waals surface area (Å²) in [5.41, 5.74) is 8.19. The number of aryl methyl sites for hydroxylation is 1. The zero-order valence-corrected chi connectivity index (χ0v) is 12.4. The molecule has 2 rings (SSSR count). The Morgan fingerprint density at radius 1 is 1.37 bits per heavy atom. The number of halogens is 1. The van der Waals surface area contributed by atoms with E-state index in [9.17, 15) is 4.79 Å². The van der Waals surface area contributed by atoms with E-state index in [0.717, 1.165) is 21.3 Å². The molecule has 0 radical (unpaired) electrons. The van der Waals surface area contributed by atoms with Crippen LogP contribution in [0.5, 0.6) is 5.75 Å². The molecule has 0 saturated carbocycles. The van der Waals surface area contributed by atoms with Crippen molar-refractivity contribution in [1.29, 1.82) is 0 Å². The van der Waals surface area contributed by atoms with E-state index in [2.05, 4.69) is 15.9 Å². The molecule has 0 aliphatic carbocycles. The Labute approximate surface area is 119 Å². The zero-order chi connectivity index (χ0) is 14.0. The highest BCUT2D eigenvalue weighted by molar-refractivity contribution is 9.10. The predicted octanol–water partition coefficient (Wildman–Crippen LogP) is 2.56. The molecular formula is C14H15BrN2O2. The third kappa shape index (κ3) is 2.98. The normalized spacial score (nSPS) is 10.5. The van der Waals surface area contributed by atoms with Gasteiger partial charge in [0, 0.05) is 12.3 Å². The lowest BCUT2D eigenvalue weighted by Crippen LogP contribution is -2.20. The molecule has 0 fully saturated rings.